The van der Waals surface area contributed by atoms with Gasteiger partial charge in [-0.2, -0.15) is 0 Å². The van der Waals surface area contributed by atoms with Crippen molar-refractivity contribution in [2.45, 2.75) is 18.9 Å². The number of nitrogens with zero attached hydrogens (tertiary/aromatic N) is 1. The zero-order valence-corrected chi connectivity index (χ0v) is 13.5. The number of hydrogen-bond donors (Lipinski definition) is 2. The molecule has 1 aromatic rings. The Kier molecular flexibility index (Phi) is 5.33. The van der Waals surface area contributed by atoms with Gasteiger partial charge in [0, 0.05) is 11.3 Å². The molecule has 2 N–H and O–H groups in total. The number of carboxylic acid groups (broad SMARTS) is 2. The van der Waals surface area contributed by atoms with Crippen molar-refractivity contribution in [2.75, 3.05) is 0 Å². The minimum atomic E-state index is -1.27. The fourth-order valence-electron chi connectivity index (χ4n) is 1.87. The molecule has 0 spiro atoms. The Morgan fingerprint density at radius 2 is 2.14 bits per heavy atom. The van der Waals surface area contributed by atoms with Crippen molar-refractivity contribution in [3.63, 3.8) is 0 Å². The molecule has 2 rings (SSSR count). The predicted octanol–water partition coefficient (Wildman–Crippen LogP) is 2.27. The van der Waals surface area contributed by atoms with Crippen molar-refractivity contribution in [3.8, 4) is 0 Å². The zero-order valence-electron chi connectivity index (χ0n) is 11.1. The Bertz CT molecular complexity index is 653. The lowest BCUT2D eigenvalue weighted by atomic mass is 10.1. The Labute approximate surface area is 139 Å². The van der Waals surface area contributed by atoms with Crippen LogP contribution in [0.2, 0.25) is 0 Å². The normalized spacial score (nSPS) is 18.0. The number of rotatable bonds is 6. The largest absolute Gasteiger partial charge is 0.481 e. The quantitative estimate of drug-likeness (QED) is 0.595. The minimum absolute atomic E-state index is 0.130. The number of carbonyl (C=O) groups is 3. The molecular formula is C13H11NO5S3. The van der Waals surface area contributed by atoms with Crippen LogP contribution < -0.4 is 0 Å². The van der Waals surface area contributed by atoms with Gasteiger partial charge < -0.3 is 10.2 Å². The van der Waals surface area contributed by atoms with Gasteiger partial charge in [-0.05, 0) is 23.9 Å². The molecule has 6 nitrogen and oxygen atoms in total. The Hall–Kier alpha value is -1.71. The molecule has 22 heavy (non-hydrogen) atoms. The van der Waals surface area contributed by atoms with Gasteiger partial charge in [-0.25, -0.2) is 4.79 Å². The number of carbonyl (C=O) groups excluding carboxylic acids is 1. The lowest BCUT2D eigenvalue weighted by molar-refractivity contribution is -0.146. The van der Waals surface area contributed by atoms with E-state index in [9.17, 15) is 19.5 Å². The van der Waals surface area contributed by atoms with Crippen molar-refractivity contribution >= 4 is 63.6 Å². The van der Waals surface area contributed by atoms with Gasteiger partial charge in [-0.15, -0.1) is 11.3 Å². The molecule has 0 aromatic carbocycles. The van der Waals surface area contributed by atoms with Gasteiger partial charge in [0.25, 0.3) is 5.91 Å². The molecule has 1 aliphatic heterocycles. The summed E-state index contributed by atoms with van der Waals surface area (Å²) in [6.07, 6.45) is 1.11. The fraction of sp³-hybridized carbons (Fsp3) is 0.231. The van der Waals surface area contributed by atoms with E-state index in [0.717, 1.165) is 21.5 Å². The molecular weight excluding hydrogens is 346 g/mol. The average Bonchev–Trinajstić information content (AvgIpc) is 3.02. The summed E-state index contributed by atoms with van der Waals surface area (Å²) >= 11 is 7.56. The van der Waals surface area contributed by atoms with Gasteiger partial charge >= 0.3 is 11.9 Å². The number of thiophene rings is 1. The summed E-state index contributed by atoms with van der Waals surface area (Å²) in [5, 5.41) is 19.8. The third-order valence-electron chi connectivity index (χ3n) is 2.87. The van der Waals surface area contributed by atoms with E-state index in [-0.39, 0.29) is 17.2 Å². The highest BCUT2D eigenvalue weighted by atomic mass is 32.2. The van der Waals surface area contributed by atoms with Crippen LogP contribution in [0.3, 0.4) is 0 Å². The smallest absolute Gasteiger partial charge is 0.326 e. The summed E-state index contributed by atoms with van der Waals surface area (Å²) in [5.41, 5.74) is 0. The summed E-state index contributed by atoms with van der Waals surface area (Å²) in [6.45, 7) is 0. The molecule has 1 atom stereocenters. The van der Waals surface area contributed by atoms with Crippen LogP contribution in [0.1, 0.15) is 17.7 Å². The number of amides is 1. The first kappa shape index (κ1) is 16.7. The molecule has 0 saturated carbocycles. The fourth-order valence-corrected chi connectivity index (χ4v) is 3.95. The molecule has 2 heterocycles. The second-order valence-corrected chi connectivity index (χ2v) is 7.01. The van der Waals surface area contributed by atoms with Crippen LogP contribution in [-0.4, -0.2) is 43.3 Å². The number of hydrogen-bond acceptors (Lipinski definition) is 6. The van der Waals surface area contributed by atoms with E-state index in [1.807, 2.05) is 17.5 Å². The third-order valence-corrected chi connectivity index (χ3v) is 5.02. The molecule has 1 fully saturated rings. The maximum atomic E-state index is 12.4. The lowest BCUT2D eigenvalue weighted by Gasteiger charge is -2.22. The van der Waals surface area contributed by atoms with Gasteiger partial charge in [0.05, 0.1) is 4.91 Å². The summed E-state index contributed by atoms with van der Waals surface area (Å²) in [7, 11) is 0. The van der Waals surface area contributed by atoms with Gasteiger partial charge in [-0.1, -0.05) is 30.0 Å². The van der Waals surface area contributed by atoms with Crippen molar-refractivity contribution < 1.29 is 24.6 Å². The third kappa shape index (κ3) is 3.73. The lowest BCUT2D eigenvalue weighted by Crippen LogP contribution is -2.44. The van der Waals surface area contributed by atoms with Crippen molar-refractivity contribution in [1.82, 2.24) is 4.90 Å². The van der Waals surface area contributed by atoms with Crippen molar-refractivity contribution in [3.05, 3.63) is 27.3 Å². The molecule has 1 aromatic heterocycles. The Morgan fingerprint density at radius 1 is 1.41 bits per heavy atom. The van der Waals surface area contributed by atoms with E-state index < -0.39 is 23.9 Å². The Balaban J connectivity index is 2.22. The van der Waals surface area contributed by atoms with Gasteiger partial charge in [0.1, 0.15) is 10.4 Å². The van der Waals surface area contributed by atoms with Crippen LogP contribution in [0.4, 0.5) is 0 Å². The van der Waals surface area contributed by atoms with Crippen LogP contribution in [0.15, 0.2) is 22.4 Å². The first-order valence-electron chi connectivity index (χ1n) is 6.15. The molecule has 116 valence electrons. The highest BCUT2D eigenvalue weighted by Gasteiger charge is 2.40. The van der Waals surface area contributed by atoms with Gasteiger partial charge in [0.15, 0.2) is 0 Å². The maximum absolute atomic E-state index is 12.4. The zero-order chi connectivity index (χ0) is 16.3. The van der Waals surface area contributed by atoms with Crippen LogP contribution in [0.25, 0.3) is 6.08 Å². The van der Waals surface area contributed by atoms with Crippen LogP contribution in [0, 0.1) is 0 Å². The minimum Gasteiger partial charge on any atom is -0.481 e. The van der Waals surface area contributed by atoms with E-state index in [1.54, 1.807) is 6.08 Å². The SMILES string of the molecule is O=C(O)CC[C@H](C(=O)O)N1C(=O)/C(=C\c2cccs2)SC1=S. The molecule has 9 heteroatoms. The molecule has 0 aliphatic carbocycles. The highest BCUT2D eigenvalue weighted by molar-refractivity contribution is 8.26. The molecule has 1 saturated heterocycles. The molecule has 0 bridgehead atoms. The monoisotopic (exact) mass is 357 g/mol. The highest BCUT2D eigenvalue weighted by Crippen LogP contribution is 2.35. The van der Waals surface area contributed by atoms with E-state index in [0.29, 0.717) is 4.91 Å². The number of thiocarbonyl (C=S) groups is 1. The summed E-state index contributed by atoms with van der Waals surface area (Å²) in [4.78, 5) is 36.5. The summed E-state index contributed by atoms with van der Waals surface area (Å²) in [6, 6.07) is 2.40. The van der Waals surface area contributed by atoms with E-state index in [2.05, 4.69) is 0 Å². The first-order valence-corrected chi connectivity index (χ1v) is 8.25. The predicted molar refractivity (Wildman–Crippen MR) is 87.6 cm³/mol. The average molecular weight is 357 g/mol. The van der Waals surface area contributed by atoms with Gasteiger partial charge in [0.2, 0.25) is 0 Å². The topological polar surface area (TPSA) is 94.9 Å². The first-order chi connectivity index (χ1) is 10.4. The van der Waals surface area contributed by atoms with Gasteiger partial charge in [-0.3, -0.25) is 14.5 Å². The van der Waals surface area contributed by atoms with Crippen LogP contribution in [-0.2, 0) is 14.4 Å². The molecule has 0 radical (unpaired) electrons. The van der Waals surface area contributed by atoms with Crippen molar-refractivity contribution in [1.29, 1.82) is 0 Å². The molecule has 1 aliphatic rings. The Morgan fingerprint density at radius 3 is 2.68 bits per heavy atom. The number of thioether (sulfide) groups is 1. The van der Waals surface area contributed by atoms with E-state index in [1.165, 1.54) is 11.3 Å². The molecule has 1 amide bonds. The van der Waals surface area contributed by atoms with E-state index >= 15 is 0 Å². The van der Waals surface area contributed by atoms with E-state index in [4.69, 9.17) is 17.3 Å². The second kappa shape index (κ2) is 7.03. The summed E-state index contributed by atoms with van der Waals surface area (Å²) < 4.78 is 0.130. The second-order valence-electron chi connectivity index (χ2n) is 4.35. The van der Waals surface area contributed by atoms with Crippen LogP contribution in [0.5, 0.6) is 0 Å². The number of carboxylic acids is 2. The summed E-state index contributed by atoms with van der Waals surface area (Å²) in [5.74, 6) is -2.89. The maximum Gasteiger partial charge on any atom is 0.326 e. The standard InChI is InChI=1S/C13H11NO5S3/c15-10(16)4-3-8(12(18)19)14-11(17)9(22-13(14)20)6-7-2-1-5-21-7/h1-2,5-6,8H,3-4H2,(H,15,16)(H,18,19)/b9-6+/t8-/m1/s1. The number of aliphatic carboxylic acids is 2. The van der Waals surface area contributed by atoms with Crippen LogP contribution >= 0.6 is 35.3 Å². The van der Waals surface area contributed by atoms with Crippen molar-refractivity contribution in [2.24, 2.45) is 0 Å². The molecule has 0 unspecified atom stereocenters.